The molecule has 0 aliphatic rings. The van der Waals surface area contributed by atoms with Gasteiger partial charge in [0.1, 0.15) is 6.54 Å². The smallest absolute Gasteiger partial charge is 0.374 e. The van der Waals surface area contributed by atoms with Gasteiger partial charge in [-0.3, -0.25) is 9.36 Å². The third kappa shape index (κ3) is 2.90. The van der Waals surface area contributed by atoms with E-state index < -0.39 is 11.9 Å². The summed E-state index contributed by atoms with van der Waals surface area (Å²) in [6.45, 7) is 3.43. The van der Waals surface area contributed by atoms with Crippen LogP contribution in [0, 0.1) is 0 Å². The first kappa shape index (κ1) is 15.5. The molecule has 0 aliphatic heterocycles. The molecule has 0 spiro atoms. The van der Waals surface area contributed by atoms with Gasteiger partial charge in [-0.2, -0.15) is 9.97 Å². The van der Waals surface area contributed by atoms with E-state index in [1.807, 2.05) is 0 Å². The first-order valence-electron chi connectivity index (χ1n) is 6.59. The molecule has 0 atom stereocenters. The summed E-state index contributed by atoms with van der Waals surface area (Å²) in [6, 6.07) is 0. The minimum Gasteiger partial charge on any atom is -0.465 e. The summed E-state index contributed by atoms with van der Waals surface area (Å²) in [5.41, 5.74) is 11.6. The zero-order valence-electron chi connectivity index (χ0n) is 12.2. The van der Waals surface area contributed by atoms with E-state index in [-0.39, 0.29) is 48.5 Å². The molecule has 22 heavy (non-hydrogen) atoms. The molecule has 0 unspecified atom stereocenters. The highest BCUT2D eigenvalue weighted by Gasteiger charge is 2.24. The third-order valence-electron chi connectivity index (χ3n) is 2.69. The molecule has 4 N–H and O–H groups in total. The van der Waals surface area contributed by atoms with Crippen LogP contribution in [0.1, 0.15) is 24.5 Å². The minimum absolute atomic E-state index is 0.00987. The quantitative estimate of drug-likeness (QED) is 0.712. The SMILES string of the molecule is CCOC(=O)Cn1c(C(=O)OCC)nc2c(N)nc(N)nc21. The second-order valence-corrected chi connectivity index (χ2v) is 4.19. The highest BCUT2D eigenvalue weighted by Crippen LogP contribution is 2.20. The topological polar surface area (TPSA) is 148 Å². The molecule has 0 fully saturated rings. The van der Waals surface area contributed by atoms with Crippen molar-refractivity contribution in [3.63, 3.8) is 0 Å². The molecule has 0 saturated heterocycles. The van der Waals surface area contributed by atoms with Gasteiger partial charge < -0.3 is 20.9 Å². The molecule has 2 aromatic heterocycles. The number of anilines is 2. The number of hydrogen-bond acceptors (Lipinski definition) is 9. The number of nitrogens with two attached hydrogens (primary N) is 2. The molecule has 118 valence electrons. The average molecular weight is 308 g/mol. The largest absolute Gasteiger partial charge is 0.465 e. The lowest BCUT2D eigenvalue weighted by Gasteiger charge is -2.07. The van der Waals surface area contributed by atoms with Crippen molar-refractivity contribution < 1.29 is 19.1 Å². The van der Waals surface area contributed by atoms with E-state index in [2.05, 4.69) is 15.0 Å². The Kier molecular flexibility index (Phi) is 4.39. The molecule has 0 amide bonds. The van der Waals surface area contributed by atoms with Crippen LogP contribution in [0.4, 0.5) is 11.8 Å². The van der Waals surface area contributed by atoms with Crippen LogP contribution in [-0.2, 0) is 20.8 Å². The molecule has 2 aromatic rings. The van der Waals surface area contributed by atoms with Crippen LogP contribution in [0.25, 0.3) is 11.2 Å². The van der Waals surface area contributed by atoms with E-state index in [0.717, 1.165) is 0 Å². The number of hydrogen-bond donors (Lipinski definition) is 2. The van der Waals surface area contributed by atoms with Gasteiger partial charge in [-0.1, -0.05) is 0 Å². The van der Waals surface area contributed by atoms with Crippen molar-refractivity contribution in [2.24, 2.45) is 0 Å². The van der Waals surface area contributed by atoms with Crippen LogP contribution in [-0.4, -0.2) is 44.7 Å². The molecule has 0 aromatic carbocycles. The molecule has 2 rings (SSSR count). The molecule has 2 heterocycles. The zero-order valence-corrected chi connectivity index (χ0v) is 12.2. The molecule has 0 saturated carbocycles. The van der Waals surface area contributed by atoms with Gasteiger partial charge in [-0.15, -0.1) is 0 Å². The molecular formula is C12H16N6O4. The molecule has 0 bridgehead atoms. The van der Waals surface area contributed by atoms with Crippen molar-refractivity contribution >= 4 is 34.9 Å². The number of nitrogen functional groups attached to an aromatic ring is 2. The van der Waals surface area contributed by atoms with Gasteiger partial charge in [0.15, 0.2) is 17.0 Å². The predicted molar refractivity (Wildman–Crippen MR) is 76.7 cm³/mol. The van der Waals surface area contributed by atoms with E-state index in [9.17, 15) is 9.59 Å². The summed E-state index contributed by atoms with van der Waals surface area (Å²) >= 11 is 0. The highest BCUT2D eigenvalue weighted by molar-refractivity contribution is 5.94. The monoisotopic (exact) mass is 308 g/mol. The van der Waals surface area contributed by atoms with E-state index in [0.29, 0.717) is 0 Å². The third-order valence-corrected chi connectivity index (χ3v) is 2.69. The zero-order chi connectivity index (χ0) is 16.3. The lowest BCUT2D eigenvalue weighted by atomic mass is 10.5. The van der Waals surface area contributed by atoms with Crippen molar-refractivity contribution in [3.05, 3.63) is 5.82 Å². The summed E-state index contributed by atoms with van der Waals surface area (Å²) in [5, 5.41) is 0. The first-order valence-corrected chi connectivity index (χ1v) is 6.59. The second kappa shape index (κ2) is 6.24. The van der Waals surface area contributed by atoms with E-state index in [1.54, 1.807) is 13.8 Å². The average Bonchev–Trinajstić information content (AvgIpc) is 2.78. The first-order chi connectivity index (χ1) is 10.5. The number of imidazole rings is 1. The number of rotatable bonds is 5. The van der Waals surface area contributed by atoms with E-state index in [1.165, 1.54) is 4.57 Å². The summed E-state index contributed by atoms with van der Waals surface area (Å²) in [7, 11) is 0. The Hall–Kier alpha value is -2.91. The lowest BCUT2D eigenvalue weighted by molar-refractivity contribution is -0.143. The van der Waals surface area contributed by atoms with Crippen LogP contribution in [0.3, 0.4) is 0 Å². The fourth-order valence-corrected chi connectivity index (χ4v) is 1.88. The van der Waals surface area contributed by atoms with Crippen LogP contribution in [0.5, 0.6) is 0 Å². The maximum absolute atomic E-state index is 12.0. The fourth-order valence-electron chi connectivity index (χ4n) is 1.88. The van der Waals surface area contributed by atoms with E-state index >= 15 is 0 Å². The number of carbonyl (C=O) groups is 2. The Morgan fingerprint density at radius 1 is 1.09 bits per heavy atom. The van der Waals surface area contributed by atoms with Crippen LogP contribution in [0.15, 0.2) is 0 Å². The maximum Gasteiger partial charge on any atom is 0.374 e. The molecule has 10 heteroatoms. The van der Waals surface area contributed by atoms with Gasteiger partial charge in [0.2, 0.25) is 11.8 Å². The van der Waals surface area contributed by atoms with Crippen LogP contribution < -0.4 is 11.5 Å². The summed E-state index contributed by atoms with van der Waals surface area (Å²) in [5.74, 6) is -1.46. The number of nitrogens with zero attached hydrogens (tertiary/aromatic N) is 4. The molecule has 0 aliphatic carbocycles. The lowest BCUT2D eigenvalue weighted by Crippen LogP contribution is -2.19. The number of ether oxygens (including phenoxy) is 2. The van der Waals surface area contributed by atoms with Crippen LogP contribution >= 0.6 is 0 Å². The summed E-state index contributed by atoms with van der Waals surface area (Å²) < 4.78 is 11.0. The van der Waals surface area contributed by atoms with Crippen molar-refractivity contribution in [1.29, 1.82) is 0 Å². The van der Waals surface area contributed by atoms with Crippen molar-refractivity contribution in [1.82, 2.24) is 19.5 Å². The minimum atomic E-state index is -0.706. The number of carbonyl (C=O) groups excluding carboxylic acids is 2. The number of esters is 2. The van der Waals surface area contributed by atoms with Gasteiger partial charge in [0.05, 0.1) is 13.2 Å². The number of aromatic nitrogens is 4. The fraction of sp³-hybridized carbons (Fsp3) is 0.417. The predicted octanol–water partition coefficient (Wildman–Crippen LogP) is -0.269. The van der Waals surface area contributed by atoms with Crippen molar-refractivity contribution in [2.75, 3.05) is 24.7 Å². The van der Waals surface area contributed by atoms with Crippen molar-refractivity contribution in [2.45, 2.75) is 20.4 Å². The Balaban J connectivity index is 2.58. The Morgan fingerprint density at radius 2 is 1.77 bits per heavy atom. The summed E-state index contributed by atoms with van der Waals surface area (Å²) in [4.78, 5) is 35.5. The Morgan fingerprint density at radius 3 is 2.41 bits per heavy atom. The number of fused-ring (bicyclic) bond motifs is 1. The van der Waals surface area contributed by atoms with Crippen LogP contribution in [0.2, 0.25) is 0 Å². The molecule has 0 radical (unpaired) electrons. The Labute approximate surface area is 125 Å². The normalized spacial score (nSPS) is 10.6. The molecule has 10 nitrogen and oxygen atoms in total. The van der Waals surface area contributed by atoms with E-state index in [4.69, 9.17) is 20.9 Å². The van der Waals surface area contributed by atoms with Gasteiger partial charge in [-0.25, -0.2) is 9.78 Å². The highest BCUT2D eigenvalue weighted by atomic mass is 16.5. The van der Waals surface area contributed by atoms with Gasteiger partial charge in [0.25, 0.3) is 0 Å². The maximum atomic E-state index is 12.0. The Bertz CT molecular complexity index is 726. The summed E-state index contributed by atoms with van der Waals surface area (Å²) in [6.07, 6.45) is 0. The van der Waals surface area contributed by atoms with Crippen molar-refractivity contribution in [3.8, 4) is 0 Å². The van der Waals surface area contributed by atoms with Gasteiger partial charge >= 0.3 is 11.9 Å². The van der Waals surface area contributed by atoms with Gasteiger partial charge in [0, 0.05) is 0 Å². The van der Waals surface area contributed by atoms with Gasteiger partial charge in [-0.05, 0) is 13.8 Å². The molecular weight excluding hydrogens is 292 g/mol. The second-order valence-electron chi connectivity index (χ2n) is 4.19. The standard InChI is InChI=1S/C12H16N6O4/c1-3-21-6(19)5-18-9-7(8(13)16-12(14)17-9)15-10(18)11(20)22-4-2/h3-5H2,1-2H3,(H4,13,14,16,17).